The number of rotatable bonds is 5. The van der Waals surface area contributed by atoms with Gasteiger partial charge in [-0.2, -0.15) is 0 Å². The highest BCUT2D eigenvalue weighted by atomic mass is 16.2. The summed E-state index contributed by atoms with van der Waals surface area (Å²) in [5.74, 6) is 3.75. The van der Waals surface area contributed by atoms with Crippen molar-refractivity contribution in [3.05, 3.63) is 35.5 Å². The number of carbonyl (C=O) groups is 1. The highest BCUT2D eigenvalue weighted by Crippen LogP contribution is 2.33. The molecule has 148 valence electrons. The number of pyridine rings is 1. The van der Waals surface area contributed by atoms with E-state index in [0.717, 1.165) is 75.1 Å². The maximum Gasteiger partial charge on any atom is 0.256 e. The quantitative estimate of drug-likeness (QED) is 0.862. The second-order valence-electron chi connectivity index (χ2n) is 8.35. The molecule has 1 saturated heterocycles. The predicted molar refractivity (Wildman–Crippen MR) is 106 cm³/mol. The van der Waals surface area contributed by atoms with E-state index in [1.807, 2.05) is 17.0 Å². The summed E-state index contributed by atoms with van der Waals surface area (Å²) in [7, 11) is 0. The van der Waals surface area contributed by atoms with Crippen molar-refractivity contribution < 1.29 is 4.79 Å². The number of hydrogen-bond acceptors (Lipinski definition) is 5. The first kappa shape index (κ1) is 17.6. The molecule has 0 radical (unpaired) electrons. The van der Waals surface area contributed by atoms with E-state index in [1.165, 1.54) is 19.3 Å². The van der Waals surface area contributed by atoms with Gasteiger partial charge in [0.15, 0.2) is 5.82 Å². The molecule has 7 heteroatoms. The van der Waals surface area contributed by atoms with E-state index in [2.05, 4.69) is 25.1 Å². The molecule has 4 heterocycles. The van der Waals surface area contributed by atoms with Crippen LogP contribution in [0.4, 0.5) is 5.82 Å². The van der Waals surface area contributed by atoms with Gasteiger partial charge in [0.05, 0.1) is 11.6 Å². The number of nitrogens with zero attached hydrogens (tertiary/aromatic N) is 5. The van der Waals surface area contributed by atoms with Gasteiger partial charge in [0, 0.05) is 32.3 Å². The van der Waals surface area contributed by atoms with Crippen molar-refractivity contribution in [3.8, 4) is 0 Å². The Morgan fingerprint density at radius 2 is 1.96 bits per heavy atom. The number of carbonyl (C=O) groups excluding carboxylic acids is 1. The highest BCUT2D eigenvalue weighted by Gasteiger charge is 2.33. The van der Waals surface area contributed by atoms with E-state index in [4.69, 9.17) is 0 Å². The third kappa shape index (κ3) is 3.50. The van der Waals surface area contributed by atoms with Crippen LogP contribution in [-0.4, -0.2) is 43.6 Å². The molecule has 2 aliphatic heterocycles. The van der Waals surface area contributed by atoms with Crippen LogP contribution in [0.15, 0.2) is 18.3 Å². The van der Waals surface area contributed by atoms with Crippen molar-refractivity contribution in [2.45, 2.75) is 64.0 Å². The topological polar surface area (TPSA) is 75.9 Å². The van der Waals surface area contributed by atoms with E-state index in [1.54, 1.807) is 6.20 Å². The lowest BCUT2D eigenvalue weighted by molar-refractivity contribution is 0.0593. The van der Waals surface area contributed by atoms with Crippen LogP contribution >= 0.6 is 0 Å². The summed E-state index contributed by atoms with van der Waals surface area (Å²) >= 11 is 0. The fourth-order valence-corrected chi connectivity index (χ4v) is 4.38. The Labute approximate surface area is 165 Å². The fourth-order valence-electron chi connectivity index (χ4n) is 4.38. The van der Waals surface area contributed by atoms with Crippen molar-refractivity contribution in [2.75, 3.05) is 18.4 Å². The lowest BCUT2D eigenvalue weighted by Gasteiger charge is -2.35. The minimum absolute atomic E-state index is 0.0215. The smallest absolute Gasteiger partial charge is 0.256 e. The van der Waals surface area contributed by atoms with Crippen LogP contribution in [-0.2, 0) is 13.0 Å². The summed E-state index contributed by atoms with van der Waals surface area (Å²) in [6.45, 7) is 2.72. The van der Waals surface area contributed by atoms with Gasteiger partial charge in [0.1, 0.15) is 11.6 Å². The molecule has 1 aliphatic carbocycles. The lowest BCUT2D eigenvalue weighted by Crippen LogP contribution is -2.40. The molecule has 1 atom stereocenters. The monoisotopic (exact) mass is 380 g/mol. The number of anilines is 1. The summed E-state index contributed by atoms with van der Waals surface area (Å²) in [5.41, 5.74) is 0.655. The van der Waals surface area contributed by atoms with Gasteiger partial charge in [-0.1, -0.05) is 0 Å². The third-order valence-corrected chi connectivity index (χ3v) is 6.23. The Morgan fingerprint density at radius 3 is 2.79 bits per heavy atom. The highest BCUT2D eigenvalue weighted by molar-refractivity contribution is 5.94. The van der Waals surface area contributed by atoms with E-state index in [0.29, 0.717) is 5.56 Å². The molecule has 2 aromatic rings. The minimum atomic E-state index is 0.0215. The molecule has 1 unspecified atom stereocenters. The normalized spacial score (nSPS) is 22.0. The molecule has 2 aromatic heterocycles. The predicted octanol–water partition coefficient (Wildman–Crippen LogP) is 3.20. The fraction of sp³-hybridized carbons (Fsp3) is 0.619. The first-order chi connectivity index (χ1) is 13.8. The zero-order valence-corrected chi connectivity index (χ0v) is 16.3. The van der Waals surface area contributed by atoms with Gasteiger partial charge in [0.2, 0.25) is 0 Å². The number of piperidine rings is 1. The van der Waals surface area contributed by atoms with Crippen molar-refractivity contribution >= 4 is 11.7 Å². The number of hydrogen-bond donors (Lipinski definition) is 1. The van der Waals surface area contributed by atoms with Crippen LogP contribution < -0.4 is 5.32 Å². The number of aromatic nitrogens is 4. The molecular formula is C21H28N6O. The average molecular weight is 380 g/mol. The Morgan fingerprint density at radius 1 is 1.07 bits per heavy atom. The number of likely N-dealkylation sites (tertiary alicyclic amines) is 1. The standard InChI is InChI=1S/C21H28N6O/c28-21(16-9-10-18(23-14-16)22-13-15-7-8-15)26-11-3-1-5-17(26)20-25-24-19-6-2-4-12-27(19)20/h9-10,14-15,17H,1-8,11-13H2,(H,22,23). The largest absolute Gasteiger partial charge is 0.370 e. The number of fused-ring (bicyclic) bond motifs is 1. The molecule has 2 fully saturated rings. The lowest BCUT2D eigenvalue weighted by atomic mass is 9.99. The maximum absolute atomic E-state index is 13.3. The van der Waals surface area contributed by atoms with Gasteiger partial charge in [-0.3, -0.25) is 4.79 Å². The van der Waals surface area contributed by atoms with E-state index >= 15 is 0 Å². The molecule has 0 spiro atoms. The second kappa shape index (κ2) is 7.53. The van der Waals surface area contributed by atoms with Gasteiger partial charge in [-0.15, -0.1) is 10.2 Å². The number of nitrogens with one attached hydrogen (secondary N) is 1. The first-order valence-electron chi connectivity index (χ1n) is 10.7. The Hall–Kier alpha value is -2.44. The Balaban J connectivity index is 1.34. The van der Waals surface area contributed by atoms with Crippen molar-refractivity contribution in [3.63, 3.8) is 0 Å². The minimum Gasteiger partial charge on any atom is -0.370 e. The molecule has 5 rings (SSSR count). The summed E-state index contributed by atoms with van der Waals surface area (Å²) < 4.78 is 2.25. The van der Waals surface area contributed by atoms with Crippen LogP contribution in [0.25, 0.3) is 0 Å². The van der Waals surface area contributed by atoms with Crippen LogP contribution in [0, 0.1) is 5.92 Å². The van der Waals surface area contributed by atoms with E-state index < -0.39 is 0 Å². The van der Waals surface area contributed by atoms with Gasteiger partial charge >= 0.3 is 0 Å². The summed E-state index contributed by atoms with van der Waals surface area (Å²) in [4.78, 5) is 19.7. The van der Waals surface area contributed by atoms with E-state index in [9.17, 15) is 4.79 Å². The summed E-state index contributed by atoms with van der Waals surface area (Å²) in [5, 5.41) is 12.3. The molecule has 7 nitrogen and oxygen atoms in total. The number of amides is 1. The van der Waals surface area contributed by atoms with E-state index in [-0.39, 0.29) is 11.9 Å². The molecule has 1 N–H and O–H groups in total. The van der Waals surface area contributed by atoms with Crippen LogP contribution in [0.3, 0.4) is 0 Å². The van der Waals surface area contributed by atoms with Gasteiger partial charge in [-0.25, -0.2) is 4.98 Å². The van der Waals surface area contributed by atoms with Crippen molar-refractivity contribution in [2.24, 2.45) is 5.92 Å². The summed E-state index contributed by atoms with van der Waals surface area (Å²) in [6, 6.07) is 3.84. The molecule has 0 aromatic carbocycles. The van der Waals surface area contributed by atoms with Crippen LogP contribution in [0.1, 0.15) is 73.0 Å². The first-order valence-corrected chi connectivity index (χ1v) is 10.7. The van der Waals surface area contributed by atoms with Gasteiger partial charge < -0.3 is 14.8 Å². The zero-order chi connectivity index (χ0) is 18.9. The van der Waals surface area contributed by atoms with Crippen molar-refractivity contribution in [1.82, 2.24) is 24.6 Å². The molecule has 1 saturated carbocycles. The number of aryl methyl sites for hydroxylation is 1. The SMILES string of the molecule is O=C(c1ccc(NCC2CC2)nc1)N1CCCCC1c1nnc2n1CCCC2. The Bertz CT molecular complexity index is 841. The third-order valence-electron chi connectivity index (χ3n) is 6.23. The molecular weight excluding hydrogens is 352 g/mol. The Kier molecular flexibility index (Phi) is 4.74. The van der Waals surface area contributed by atoms with Crippen molar-refractivity contribution in [1.29, 1.82) is 0 Å². The summed E-state index contributed by atoms with van der Waals surface area (Å²) in [6.07, 6.45) is 10.8. The average Bonchev–Trinajstić information content (AvgIpc) is 3.49. The van der Waals surface area contributed by atoms with Gasteiger partial charge in [0.25, 0.3) is 5.91 Å². The molecule has 0 bridgehead atoms. The van der Waals surface area contributed by atoms with Crippen LogP contribution in [0.2, 0.25) is 0 Å². The molecule has 3 aliphatic rings. The maximum atomic E-state index is 13.3. The second-order valence-corrected chi connectivity index (χ2v) is 8.35. The van der Waals surface area contributed by atoms with Gasteiger partial charge in [-0.05, 0) is 63.0 Å². The zero-order valence-electron chi connectivity index (χ0n) is 16.3. The molecule has 1 amide bonds. The molecule has 28 heavy (non-hydrogen) atoms. The van der Waals surface area contributed by atoms with Crippen LogP contribution in [0.5, 0.6) is 0 Å².